The molecule has 0 spiro atoms. The molecule has 0 bridgehead atoms. The van der Waals surface area contributed by atoms with Crippen molar-refractivity contribution in [2.75, 3.05) is 13.7 Å². The van der Waals surface area contributed by atoms with Crippen molar-refractivity contribution in [3.8, 4) is 22.7 Å². The monoisotopic (exact) mass is 391 g/mol. The lowest BCUT2D eigenvalue weighted by Gasteiger charge is -2.11. The van der Waals surface area contributed by atoms with E-state index >= 15 is 0 Å². The Morgan fingerprint density at radius 1 is 1.07 bits per heavy atom. The van der Waals surface area contributed by atoms with Crippen molar-refractivity contribution in [3.63, 3.8) is 0 Å². The molecule has 0 fully saturated rings. The fraction of sp³-hybridized carbons (Fsp3) is 0.211. The molecule has 0 aliphatic carbocycles. The lowest BCUT2D eigenvalue weighted by molar-refractivity contribution is -0.137. The third kappa shape index (κ3) is 3.83. The van der Waals surface area contributed by atoms with Crippen molar-refractivity contribution >= 4 is 5.97 Å². The van der Waals surface area contributed by atoms with Crippen LogP contribution in [0.2, 0.25) is 0 Å². The van der Waals surface area contributed by atoms with Gasteiger partial charge < -0.3 is 9.47 Å². The van der Waals surface area contributed by atoms with Gasteiger partial charge in [-0.3, -0.25) is 0 Å². The number of methoxy groups -OCH3 is 1. The molecule has 2 aromatic carbocycles. The number of nitrogens with zero attached hydrogens (tertiary/aromatic N) is 3. The Labute approximate surface area is 158 Å². The quantitative estimate of drug-likeness (QED) is 0.612. The van der Waals surface area contributed by atoms with E-state index in [1.54, 1.807) is 31.2 Å². The van der Waals surface area contributed by atoms with E-state index in [-0.39, 0.29) is 18.0 Å². The molecule has 0 atom stereocenters. The minimum atomic E-state index is -4.46. The number of hydrogen-bond donors (Lipinski definition) is 0. The Kier molecular flexibility index (Phi) is 5.34. The normalized spacial score (nSPS) is 11.3. The molecule has 0 amide bonds. The number of halogens is 3. The molecule has 1 heterocycles. The van der Waals surface area contributed by atoms with E-state index in [1.807, 2.05) is 0 Å². The summed E-state index contributed by atoms with van der Waals surface area (Å²) in [6.07, 6.45) is -4.46. The zero-order valence-corrected chi connectivity index (χ0v) is 15.0. The topological polar surface area (TPSA) is 66.2 Å². The zero-order valence-electron chi connectivity index (χ0n) is 15.0. The van der Waals surface area contributed by atoms with E-state index in [1.165, 1.54) is 23.9 Å². The van der Waals surface area contributed by atoms with Gasteiger partial charge in [-0.25, -0.2) is 9.48 Å². The largest absolute Gasteiger partial charge is 0.497 e. The van der Waals surface area contributed by atoms with Crippen LogP contribution in [-0.2, 0) is 10.9 Å². The average Bonchev–Trinajstić information content (AvgIpc) is 3.13. The number of aromatic nitrogens is 3. The van der Waals surface area contributed by atoms with Gasteiger partial charge in [0.25, 0.3) is 0 Å². The molecular weight excluding hydrogens is 375 g/mol. The van der Waals surface area contributed by atoms with E-state index < -0.39 is 17.7 Å². The van der Waals surface area contributed by atoms with Crippen molar-refractivity contribution in [1.82, 2.24) is 15.0 Å². The van der Waals surface area contributed by atoms with Crippen LogP contribution in [0.5, 0.6) is 5.75 Å². The van der Waals surface area contributed by atoms with Gasteiger partial charge in [-0.2, -0.15) is 13.2 Å². The Hall–Kier alpha value is -3.36. The summed E-state index contributed by atoms with van der Waals surface area (Å²) in [5, 5.41) is 7.88. The first kappa shape index (κ1) is 19.4. The molecule has 0 aliphatic heterocycles. The minimum Gasteiger partial charge on any atom is -0.497 e. The second-order valence-corrected chi connectivity index (χ2v) is 5.69. The maximum Gasteiger partial charge on any atom is 0.416 e. The summed E-state index contributed by atoms with van der Waals surface area (Å²) < 4.78 is 50.1. The molecular formula is C19H16F3N3O3. The highest BCUT2D eigenvalue weighted by molar-refractivity contribution is 5.94. The predicted octanol–water partition coefficient (Wildman–Crippen LogP) is 4.14. The SMILES string of the molecule is CCOC(=O)c1nnn(-c2ccc(OC)cc2)c1-c1ccc(C(F)(F)F)cc1. The summed E-state index contributed by atoms with van der Waals surface area (Å²) in [4.78, 5) is 12.3. The van der Waals surface area contributed by atoms with E-state index in [4.69, 9.17) is 9.47 Å². The van der Waals surface area contributed by atoms with Gasteiger partial charge in [0.2, 0.25) is 0 Å². The van der Waals surface area contributed by atoms with Crippen LogP contribution in [0.3, 0.4) is 0 Å². The van der Waals surface area contributed by atoms with Crippen LogP contribution in [0.4, 0.5) is 13.2 Å². The van der Waals surface area contributed by atoms with Gasteiger partial charge >= 0.3 is 12.1 Å². The first-order valence-electron chi connectivity index (χ1n) is 8.30. The standard InChI is InChI=1S/C19H16F3N3O3/c1-3-28-18(26)16-17(12-4-6-13(7-5-12)19(20,21)22)25(24-23-16)14-8-10-15(27-2)11-9-14/h4-11H,3H2,1-2H3. The van der Waals surface area contributed by atoms with Crippen LogP contribution in [0.15, 0.2) is 48.5 Å². The highest BCUT2D eigenvalue weighted by Crippen LogP contribution is 2.32. The Morgan fingerprint density at radius 3 is 2.25 bits per heavy atom. The highest BCUT2D eigenvalue weighted by Gasteiger charge is 2.31. The van der Waals surface area contributed by atoms with Crippen LogP contribution in [0.25, 0.3) is 16.9 Å². The molecule has 3 rings (SSSR count). The molecule has 0 radical (unpaired) electrons. The van der Waals surface area contributed by atoms with Crippen LogP contribution < -0.4 is 4.74 Å². The van der Waals surface area contributed by atoms with Gasteiger partial charge in [0.1, 0.15) is 11.4 Å². The second-order valence-electron chi connectivity index (χ2n) is 5.69. The predicted molar refractivity (Wildman–Crippen MR) is 94.3 cm³/mol. The van der Waals surface area contributed by atoms with Gasteiger partial charge in [0, 0.05) is 5.56 Å². The minimum absolute atomic E-state index is 0.0857. The number of carbonyl (C=O) groups is 1. The first-order chi connectivity index (χ1) is 13.3. The smallest absolute Gasteiger partial charge is 0.416 e. The third-order valence-corrected chi connectivity index (χ3v) is 3.94. The fourth-order valence-corrected chi connectivity index (χ4v) is 2.60. The van der Waals surface area contributed by atoms with Crippen molar-refractivity contribution in [1.29, 1.82) is 0 Å². The molecule has 6 nitrogen and oxygen atoms in total. The molecule has 0 aliphatic rings. The number of benzene rings is 2. The van der Waals surface area contributed by atoms with Gasteiger partial charge in [-0.15, -0.1) is 5.10 Å². The van der Waals surface area contributed by atoms with Crippen molar-refractivity contribution in [2.45, 2.75) is 13.1 Å². The third-order valence-electron chi connectivity index (χ3n) is 3.94. The lowest BCUT2D eigenvalue weighted by Crippen LogP contribution is -2.08. The first-order valence-corrected chi connectivity index (χ1v) is 8.30. The van der Waals surface area contributed by atoms with Gasteiger partial charge in [0.15, 0.2) is 5.69 Å². The molecule has 3 aromatic rings. The Morgan fingerprint density at radius 2 is 1.71 bits per heavy atom. The second kappa shape index (κ2) is 7.71. The summed E-state index contributed by atoms with van der Waals surface area (Å²) in [5.74, 6) is -0.0947. The number of alkyl halides is 3. The molecule has 1 aromatic heterocycles. The van der Waals surface area contributed by atoms with Crippen LogP contribution >= 0.6 is 0 Å². The number of rotatable bonds is 5. The van der Waals surface area contributed by atoms with Crippen molar-refractivity contribution in [2.24, 2.45) is 0 Å². The van der Waals surface area contributed by atoms with Crippen molar-refractivity contribution in [3.05, 3.63) is 59.8 Å². The summed E-state index contributed by atoms with van der Waals surface area (Å²) in [5.41, 5.74) is 0.253. The number of ether oxygens (including phenoxy) is 2. The molecule has 0 unspecified atom stereocenters. The zero-order chi connectivity index (χ0) is 20.3. The number of esters is 1. The lowest BCUT2D eigenvalue weighted by atomic mass is 10.1. The van der Waals surface area contributed by atoms with Gasteiger partial charge in [0.05, 0.1) is 25.0 Å². The van der Waals surface area contributed by atoms with Crippen LogP contribution in [-0.4, -0.2) is 34.7 Å². The molecule has 146 valence electrons. The van der Waals surface area contributed by atoms with Crippen LogP contribution in [0.1, 0.15) is 23.0 Å². The van der Waals surface area contributed by atoms with E-state index in [0.29, 0.717) is 17.0 Å². The Balaban J connectivity index is 2.12. The fourth-order valence-electron chi connectivity index (χ4n) is 2.60. The number of hydrogen-bond acceptors (Lipinski definition) is 5. The molecule has 28 heavy (non-hydrogen) atoms. The molecule has 0 saturated carbocycles. The number of carbonyl (C=O) groups excluding carboxylic acids is 1. The molecule has 0 N–H and O–H groups in total. The average molecular weight is 391 g/mol. The highest BCUT2D eigenvalue weighted by atomic mass is 19.4. The van der Waals surface area contributed by atoms with Crippen LogP contribution in [0, 0.1) is 0 Å². The molecule has 9 heteroatoms. The van der Waals surface area contributed by atoms with E-state index in [9.17, 15) is 18.0 Å². The van der Waals surface area contributed by atoms with Gasteiger partial charge in [-0.1, -0.05) is 17.3 Å². The maximum atomic E-state index is 12.9. The molecule has 0 saturated heterocycles. The summed E-state index contributed by atoms with van der Waals surface area (Å²) >= 11 is 0. The van der Waals surface area contributed by atoms with E-state index in [2.05, 4.69) is 10.3 Å². The summed E-state index contributed by atoms with van der Waals surface area (Å²) in [7, 11) is 1.52. The maximum absolute atomic E-state index is 12.9. The summed E-state index contributed by atoms with van der Waals surface area (Å²) in [6, 6.07) is 11.2. The Bertz CT molecular complexity index is 965. The van der Waals surface area contributed by atoms with Crippen molar-refractivity contribution < 1.29 is 27.4 Å². The summed E-state index contributed by atoms with van der Waals surface area (Å²) in [6.45, 7) is 1.77. The van der Waals surface area contributed by atoms with Gasteiger partial charge in [-0.05, 0) is 43.3 Å². The van der Waals surface area contributed by atoms with E-state index in [0.717, 1.165) is 12.1 Å².